The van der Waals surface area contributed by atoms with E-state index >= 15 is 0 Å². The van der Waals surface area contributed by atoms with E-state index in [0.29, 0.717) is 4.83 Å². The molecule has 0 N–H and O–H groups in total. The third-order valence-corrected chi connectivity index (χ3v) is 10.8. The second kappa shape index (κ2) is 37.9. The second-order valence-corrected chi connectivity index (χ2v) is 16.5. The molecule has 0 aliphatic carbocycles. The molecule has 0 amide bonds. The zero-order valence-electron chi connectivity index (χ0n) is 29.1. The molecular formula is C40H78Br2. The quantitative estimate of drug-likeness (QED) is 0.0344. The van der Waals surface area contributed by atoms with Crippen molar-refractivity contribution in [1.29, 1.82) is 0 Å². The van der Waals surface area contributed by atoms with Gasteiger partial charge >= 0.3 is 0 Å². The van der Waals surface area contributed by atoms with Gasteiger partial charge in [-0.05, 0) is 44.9 Å². The van der Waals surface area contributed by atoms with E-state index in [2.05, 4.69) is 57.9 Å². The summed E-state index contributed by atoms with van der Waals surface area (Å²) < 4.78 is 0. The fourth-order valence-electron chi connectivity index (χ4n) is 6.18. The lowest BCUT2D eigenvalue weighted by Crippen LogP contribution is -1.94. The van der Waals surface area contributed by atoms with Gasteiger partial charge in [0.2, 0.25) is 0 Å². The van der Waals surface area contributed by atoms with Crippen molar-refractivity contribution < 1.29 is 0 Å². The molecule has 0 aliphatic heterocycles. The third kappa shape index (κ3) is 38.7. The zero-order chi connectivity index (χ0) is 30.6. The minimum absolute atomic E-state index is 0.697. The molecule has 0 aromatic rings. The largest absolute Gasteiger partial charge is 0.0894 e. The third-order valence-electron chi connectivity index (χ3n) is 9.22. The highest BCUT2D eigenvalue weighted by molar-refractivity contribution is 9.09. The van der Waals surface area contributed by atoms with Gasteiger partial charge in [-0.1, -0.05) is 231 Å². The highest BCUT2D eigenvalue weighted by Gasteiger charge is 2.00. The van der Waals surface area contributed by atoms with Crippen molar-refractivity contribution in [3.05, 3.63) is 12.2 Å². The van der Waals surface area contributed by atoms with Crippen LogP contribution in [0.5, 0.6) is 0 Å². The van der Waals surface area contributed by atoms with Crippen molar-refractivity contribution >= 4 is 31.9 Å². The standard InChI is InChI=1S/C40H78Br2/c1-3-40(42)38-36-34-32-30-28-26-24-22-20-18-16-14-12-10-8-6-4-5-7-9-11-13-15-17-19-21-23-25-27-29-31-33-35-37-39(2)41/h21,23,39-40H,3-20,22,24-38H2,1-2H3/b23-21+. The van der Waals surface area contributed by atoms with Crippen molar-refractivity contribution in [1.82, 2.24) is 0 Å². The van der Waals surface area contributed by atoms with E-state index < -0.39 is 0 Å². The molecule has 0 nitrogen and oxygen atoms in total. The van der Waals surface area contributed by atoms with Crippen molar-refractivity contribution in [2.75, 3.05) is 0 Å². The molecule has 0 radical (unpaired) electrons. The highest BCUT2D eigenvalue weighted by Crippen LogP contribution is 2.18. The van der Waals surface area contributed by atoms with Crippen LogP contribution in [0.25, 0.3) is 0 Å². The summed E-state index contributed by atoms with van der Waals surface area (Å²) in [6, 6.07) is 0. The first-order chi connectivity index (χ1) is 20.7. The predicted octanol–water partition coefficient (Wildman–Crippen LogP) is 16.4. The van der Waals surface area contributed by atoms with Crippen LogP contribution in [-0.2, 0) is 0 Å². The van der Waals surface area contributed by atoms with Gasteiger partial charge in [0.25, 0.3) is 0 Å². The molecule has 0 aromatic heterocycles. The monoisotopic (exact) mass is 716 g/mol. The topological polar surface area (TPSA) is 0 Å². The molecule has 0 rings (SSSR count). The van der Waals surface area contributed by atoms with Gasteiger partial charge in [-0.3, -0.25) is 0 Å². The van der Waals surface area contributed by atoms with Gasteiger partial charge in [0.05, 0.1) is 0 Å². The SMILES string of the molecule is CCC(Br)CCCCCCCCCCCCCCCCCCCCCCCCCC/C=C/CCCCCCCC(C)Br. The number of alkyl halides is 2. The maximum Gasteiger partial charge on any atom is 0.0143 e. The van der Waals surface area contributed by atoms with E-state index in [-0.39, 0.29) is 0 Å². The molecule has 0 heterocycles. The molecule has 2 heteroatoms. The van der Waals surface area contributed by atoms with Crippen LogP contribution in [0.2, 0.25) is 0 Å². The van der Waals surface area contributed by atoms with Crippen LogP contribution in [0.15, 0.2) is 12.2 Å². The van der Waals surface area contributed by atoms with Gasteiger partial charge in [-0.15, -0.1) is 0 Å². The van der Waals surface area contributed by atoms with Gasteiger partial charge in [0.15, 0.2) is 0 Å². The highest BCUT2D eigenvalue weighted by atomic mass is 79.9. The van der Waals surface area contributed by atoms with E-state index in [4.69, 9.17) is 0 Å². The number of hydrogen-bond donors (Lipinski definition) is 0. The molecular weight excluding hydrogens is 640 g/mol. The fourth-order valence-corrected chi connectivity index (χ4v) is 6.82. The van der Waals surface area contributed by atoms with Crippen LogP contribution >= 0.6 is 31.9 Å². The minimum Gasteiger partial charge on any atom is -0.0894 e. The van der Waals surface area contributed by atoms with Crippen LogP contribution in [0.3, 0.4) is 0 Å². The number of rotatable bonds is 36. The first-order valence-corrected chi connectivity index (χ1v) is 21.4. The molecule has 2 unspecified atom stereocenters. The van der Waals surface area contributed by atoms with Crippen molar-refractivity contribution in [2.24, 2.45) is 0 Å². The van der Waals surface area contributed by atoms with Crippen molar-refractivity contribution in [2.45, 2.75) is 242 Å². The second-order valence-electron chi connectivity index (χ2n) is 13.7. The Kier molecular flexibility index (Phi) is 38.5. The average molecular weight is 719 g/mol. The summed E-state index contributed by atoms with van der Waals surface area (Å²) in [4.78, 5) is 1.45. The Labute approximate surface area is 284 Å². The Morgan fingerprint density at radius 1 is 0.357 bits per heavy atom. The van der Waals surface area contributed by atoms with E-state index in [1.54, 1.807) is 0 Å². The minimum atomic E-state index is 0.697. The smallest absolute Gasteiger partial charge is 0.0143 e. The summed E-state index contributed by atoms with van der Waals surface area (Å²) in [6.07, 6.45) is 53.8. The summed E-state index contributed by atoms with van der Waals surface area (Å²) in [5.41, 5.74) is 0. The van der Waals surface area contributed by atoms with Crippen LogP contribution in [-0.4, -0.2) is 9.65 Å². The molecule has 252 valence electrons. The zero-order valence-corrected chi connectivity index (χ0v) is 32.3. The van der Waals surface area contributed by atoms with Crippen molar-refractivity contribution in [3.63, 3.8) is 0 Å². The average Bonchev–Trinajstić information content (AvgIpc) is 2.98. The summed E-state index contributed by atoms with van der Waals surface area (Å²) in [5.74, 6) is 0. The molecule has 0 fully saturated rings. The lowest BCUT2D eigenvalue weighted by atomic mass is 10.0. The van der Waals surface area contributed by atoms with Crippen LogP contribution in [0.4, 0.5) is 0 Å². The Balaban J connectivity index is 3.09. The van der Waals surface area contributed by atoms with Gasteiger partial charge in [0.1, 0.15) is 0 Å². The van der Waals surface area contributed by atoms with Gasteiger partial charge in [0, 0.05) is 9.65 Å². The first kappa shape index (κ1) is 42.7. The van der Waals surface area contributed by atoms with Crippen LogP contribution in [0, 0.1) is 0 Å². The molecule has 0 bridgehead atoms. The summed E-state index contributed by atoms with van der Waals surface area (Å²) in [7, 11) is 0. The predicted molar refractivity (Wildman–Crippen MR) is 203 cm³/mol. The molecule has 0 spiro atoms. The molecule has 0 saturated carbocycles. The van der Waals surface area contributed by atoms with E-state index in [0.717, 1.165) is 4.83 Å². The number of halogens is 2. The van der Waals surface area contributed by atoms with Gasteiger partial charge in [-0.2, -0.15) is 0 Å². The summed E-state index contributed by atoms with van der Waals surface area (Å²) in [5, 5.41) is 0. The van der Waals surface area contributed by atoms with Crippen molar-refractivity contribution in [3.8, 4) is 0 Å². The van der Waals surface area contributed by atoms with E-state index in [1.165, 1.54) is 218 Å². The Hall–Kier alpha value is 0.700. The molecule has 0 saturated heterocycles. The molecule has 0 aromatic carbocycles. The maximum atomic E-state index is 3.75. The van der Waals surface area contributed by atoms with E-state index in [1.807, 2.05) is 0 Å². The molecule has 0 aliphatic rings. The summed E-state index contributed by atoms with van der Waals surface area (Å²) >= 11 is 7.39. The number of allylic oxidation sites excluding steroid dienone is 2. The summed E-state index contributed by atoms with van der Waals surface area (Å²) in [6.45, 7) is 4.54. The fraction of sp³-hybridized carbons (Fsp3) is 0.950. The Morgan fingerprint density at radius 2 is 0.595 bits per heavy atom. The van der Waals surface area contributed by atoms with E-state index in [9.17, 15) is 0 Å². The first-order valence-electron chi connectivity index (χ1n) is 19.6. The Bertz CT molecular complexity index is 500. The lowest BCUT2D eigenvalue weighted by Gasteiger charge is -2.06. The molecule has 2 atom stereocenters. The maximum absolute atomic E-state index is 3.75. The van der Waals surface area contributed by atoms with Gasteiger partial charge in [-0.25, -0.2) is 0 Å². The van der Waals surface area contributed by atoms with Gasteiger partial charge < -0.3 is 0 Å². The number of unbranched alkanes of at least 4 members (excludes halogenated alkanes) is 29. The van der Waals surface area contributed by atoms with Crippen LogP contribution < -0.4 is 0 Å². The lowest BCUT2D eigenvalue weighted by molar-refractivity contribution is 0.515. The van der Waals surface area contributed by atoms with Crippen LogP contribution in [0.1, 0.15) is 232 Å². The Morgan fingerprint density at radius 3 is 0.857 bits per heavy atom. The molecule has 42 heavy (non-hydrogen) atoms. The number of hydrogen-bond acceptors (Lipinski definition) is 0. The normalized spacial score (nSPS) is 13.3.